The largest absolute Gasteiger partial charge is 0.383 e. The van der Waals surface area contributed by atoms with Crippen molar-refractivity contribution in [1.82, 2.24) is 19.9 Å². The second kappa shape index (κ2) is 17.5. The average molecular weight is 643 g/mol. The van der Waals surface area contributed by atoms with Crippen molar-refractivity contribution in [1.29, 1.82) is 5.26 Å². The van der Waals surface area contributed by atoms with Crippen LogP contribution in [0.4, 0.5) is 10.2 Å². The molecule has 1 unspecified atom stereocenters. The van der Waals surface area contributed by atoms with Gasteiger partial charge in [0.25, 0.3) is 0 Å². The highest BCUT2D eigenvalue weighted by Crippen LogP contribution is 2.31. The van der Waals surface area contributed by atoms with Crippen LogP contribution in [0.1, 0.15) is 112 Å². The van der Waals surface area contributed by atoms with Gasteiger partial charge in [-0.15, -0.1) is 0 Å². The second-order valence-corrected chi connectivity index (χ2v) is 12.5. The molecule has 1 atom stereocenters. The number of carbonyl (C=O) groups excluding carboxylic acids is 3. The number of ketones is 3. The lowest BCUT2D eigenvalue weighted by atomic mass is 9.92. The Bertz CT molecular complexity index is 1590. The normalized spacial score (nSPS) is 14.2. The van der Waals surface area contributed by atoms with Gasteiger partial charge < -0.3 is 5.73 Å². The van der Waals surface area contributed by atoms with E-state index >= 15 is 4.39 Å². The van der Waals surface area contributed by atoms with Crippen LogP contribution in [0.15, 0.2) is 36.7 Å². The van der Waals surface area contributed by atoms with Gasteiger partial charge in [0, 0.05) is 66.2 Å². The van der Waals surface area contributed by atoms with E-state index in [2.05, 4.69) is 19.9 Å². The second-order valence-electron chi connectivity index (χ2n) is 12.5. The Kier molecular flexibility index (Phi) is 13.8. The predicted molar refractivity (Wildman–Crippen MR) is 181 cm³/mol. The number of nitrogen functional groups attached to an aromatic ring is 1. The maximum atomic E-state index is 15.4. The molecule has 1 aliphatic heterocycles. The number of nitrogens with two attached hydrogens (primary N) is 1. The zero-order chi connectivity index (χ0) is 34.7. The van der Waals surface area contributed by atoms with E-state index in [4.69, 9.17) is 11.0 Å². The van der Waals surface area contributed by atoms with Gasteiger partial charge in [-0.2, -0.15) is 5.26 Å². The summed E-state index contributed by atoms with van der Waals surface area (Å²) >= 11 is 0. The maximum absolute atomic E-state index is 15.4. The molecule has 1 aromatic carbocycles. The van der Waals surface area contributed by atoms with Crippen LogP contribution in [0, 0.1) is 29.0 Å². The predicted octanol–water partition coefficient (Wildman–Crippen LogP) is 6.88. The zero-order valence-corrected chi connectivity index (χ0v) is 28.5. The standard InChI is InChI=1S/C28H31FN6O.C9H16O2/c1-4-21-22(26(36)17(2)3)6-7-23(25(21)29)24-8-5-20(27(31)34-24)16-35-11-9-19(10-12-35)28-32-14-18(13-30)15-33-28;1-4-9(11)6-5-7(2)8(3)10/h5-8,14-15,17,19H,4,9-12,16H2,1-3H3,(H2,31,34);7H,4-6H2,1-3H3. The maximum Gasteiger partial charge on any atom is 0.165 e. The highest BCUT2D eigenvalue weighted by atomic mass is 19.1. The molecule has 4 rings (SSSR count). The van der Waals surface area contributed by atoms with Crippen LogP contribution in [0.2, 0.25) is 0 Å². The van der Waals surface area contributed by atoms with Gasteiger partial charge in [-0.3, -0.25) is 19.3 Å². The molecular weight excluding hydrogens is 595 g/mol. The molecule has 1 aliphatic rings. The minimum absolute atomic E-state index is 0.0468. The summed E-state index contributed by atoms with van der Waals surface area (Å²) in [7, 11) is 0. The van der Waals surface area contributed by atoms with E-state index in [0.717, 1.165) is 37.3 Å². The third-order valence-corrected chi connectivity index (χ3v) is 8.77. The molecule has 0 radical (unpaired) electrons. The molecule has 0 saturated carbocycles. The Morgan fingerprint density at radius 2 is 1.72 bits per heavy atom. The minimum atomic E-state index is -0.407. The Morgan fingerprint density at radius 3 is 2.26 bits per heavy atom. The Balaban J connectivity index is 0.000000468. The first kappa shape index (κ1) is 37.1. The van der Waals surface area contributed by atoms with E-state index in [1.807, 2.05) is 46.8 Å². The van der Waals surface area contributed by atoms with Gasteiger partial charge in [0.05, 0.1) is 11.3 Å². The number of benzene rings is 1. The fourth-order valence-corrected chi connectivity index (χ4v) is 5.45. The third kappa shape index (κ3) is 10.1. The summed E-state index contributed by atoms with van der Waals surface area (Å²) in [4.78, 5) is 49.6. The van der Waals surface area contributed by atoms with Crippen molar-refractivity contribution in [3.05, 3.63) is 70.6 Å². The Labute approximate surface area is 277 Å². The number of nitriles is 1. The number of piperidine rings is 1. The van der Waals surface area contributed by atoms with Crippen LogP contribution in [-0.2, 0) is 22.6 Å². The number of Topliss-reactive ketones (excluding diaryl/α,β-unsaturated/α-hetero) is 3. The van der Waals surface area contributed by atoms with Crippen LogP contribution in [0.25, 0.3) is 11.3 Å². The molecule has 1 fully saturated rings. The van der Waals surface area contributed by atoms with E-state index in [9.17, 15) is 14.4 Å². The van der Waals surface area contributed by atoms with Gasteiger partial charge >= 0.3 is 0 Å². The first-order valence-electron chi connectivity index (χ1n) is 16.5. The molecule has 0 bridgehead atoms. The fourth-order valence-electron chi connectivity index (χ4n) is 5.45. The minimum Gasteiger partial charge on any atom is -0.383 e. The topological polar surface area (TPSA) is 143 Å². The molecule has 250 valence electrons. The Morgan fingerprint density at radius 1 is 1.06 bits per heavy atom. The number of halogens is 1. The van der Waals surface area contributed by atoms with Crippen molar-refractivity contribution in [2.45, 2.75) is 92.5 Å². The third-order valence-electron chi connectivity index (χ3n) is 8.77. The van der Waals surface area contributed by atoms with Crippen LogP contribution in [0.5, 0.6) is 0 Å². The molecule has 9 nitrogen and oxygen atoms in total. The van der Waals surface area contributed by atoms with Crippen molar-refractivity contribution < 1.29 is 18.8 Å². The van der Waals surface area contributed by atoms with Gasteiger partial charge in [0.1, 0.15) is 35.1 Å². The number of hydrogen-bond donors (Lipinski definition) is 1. The number of rotatable bonds is 12. The van der Waals surface area contributed by atoms with Crippen LogP contribution >= 0.6 is 0 Å². The number of anilines is 1. The summed E-state index contributed by atoms with van der Waals surface area (Å²) in [5, 5.41) is 8.92. The monoisotopic (exact) mass is 642 g/mol. The summed E-state index contributed by atoms with van der Waals surface area (Å²) in [6, 6.07) is 9.08. The van der Waals surface area contributed by atoms with Crippen LogP contribution in [-0.4, -0.2) is 50.3 Å². The number of hydrogen-bond acceptors (Lipinski definition) is 9. The summed E-state index contributed by atoms with van der Waals surface area (Å²) in [5.74, 6) is 1.24. The van der Waals surface area contributed by atoms with Crippen molar-refractivity contribution in [2.75, 3.05) is 18.8 Å². The number of nitrogens with zero attached hydrogens (tertiary/aromatic N) is 5. The molecule has 2 aromatic heterocycles. The number of aromatic nitrogens is 3. The summed E-state index contributed by atoms with van der Waals surface area (Å²) in [6.07, 6.45) is 7.26. The smallest absolute Gasteiger partial charge is 0.165 e. The molecule has 2 N–H and O–H groups in total. The summed E-state index contributed by atoms with van der Waals surface area (Å²) in [6.45, 7) is 13.2. The zero-order valence-electron chi connectivity index (χ0n) is 28.5. The SMILES string of the molecule is CCC(=O)CCC(C)C(C)=O.CCc1c(C(=O)C(C)C)ccc(-c2ccc(CN3CCC(c4ncc(C#N)cn4)CC3)c(N)n2)c1F. The number of likely N-dealkylation sites (tertiary alicyclic amines) is 1. The van der Waals surface area contributed by atoms with Gasteiger partial charge in [-0.1, -0.05) is 46.8 Å². The van der Waals surface area contributed by atoms with E-state index in [0.29, 0.717) is 66.0 Å². The molecule has 0 aliphatic carbocycles. The fraction of sp³-hybridized carbons (Fsp3) is 0.486. The summed E-state index contributed by atoms with van der Waals surface area (Å²) < 4.78 is 15.4. The van der Waals surface area contributed by atoms with Crippen LogP contribution < -0.4 is 5.73 Å². The van der Waals surface area contributed by atoms with Crippen molar-refractivity contribution in [2.24, 2.45) is 11.8 Å². The van der Waals surface area contributed by atoms with Gasteiger partial charge in [-0.25, -0.2) is 19.3 Å². The van der Waals surface area contributed by atoms with E-state index in [-0.39, 0.29) is 35.1 Å². The van der Waals surface area contributed by atoms with E-state index in [1.54, 1.807) is 37.5 Å². The lowest BCUT2D eigenvalue weighted by Crippen LogP contribution is -2.33. The molecule has 47 heavy (non-hydrogen) atoms. The molecule has 3 heterocycles. The van der Waals surface area contributed by atoms with Gasteiger partial charge in [0.15, 0.2) is 5.78 Å². The highest BCUT2D eigenvalue weighted by Gasteiger charge is 2.24. The van der Waals surface area contributed by atoms with Crippen molar-refractivity contribution in [3.8, 4) is 17.3 Å². The number of carbonyl (C=O) groups is 3. The molecule has 0 spiro atoms. The van der Waals surface area contributed by atoms with Crippen molar-refractivity contribution in [3.63, 3.8) is 0 Å². The molecule has 10 heteroatoms. The highest BCUT2D eigenvalue weighted by molar-refractivity contribution is 5.99. The molecule has 0 amide bonds. The molecule has 3 aromatic rings. The lowest BCUT2D eigenvalue weighted by Gasteiger charge is -2.31. The number of pyridine rings is 1. The molecule has 1 saturated heterocycles. The summed E-state index contributed by atoms with van der Waals surface area (Å²) in [5.41, 5.74) is 9.34. The quantitative estimate of drug-likeness (QED) is 0.209. The lowest BCUT2D eigenvalue weighted by molar-refractivity contribution is -0.121. The van der Waals surface area contributed by atoms with Gasteiger partial charge in [-0.05, 0) is 63.4 Å². The van der Waals surface area contributed by atoms with Crippen LogP contribution in [0.3, 0.4) is 0 Å². The van der Waals surface area contributed by atoms with Gasteiger partial charge in [0.2, 0.25) is 0 Å². The average Bonchev–Trinajstić information content (AvgIpc) is 3.08. The van der Waals surface area contributed by atoms with Crippen molar-refractivity contribution >= 4 is 23.2 Å². The Hall–Kier alpha value is -4.36. The molecular formula is C37H47FN6O3. The first-order valence-corrected chi connectivity index (χ1v) is 16.5. The first-order chi connectivity index (χ1) is 22.4. The van der Waals surface area contributed by atoms with E-state index < -0.39 is 5.82 Å². The van der Waals surface area contributed by atoms with E-state index in [1.165, 1.54) is 0 Å².